The lowest BCUT2D eigenvalue weighted by Crippen LogP contribution is -2.35. The number of carboxylic acid groups (broad SMARTS) is 1. The highest BCUT2D eigenvalue weighted by Crippen LogP contribution is 2.32. The van der Waals surface area contributed by atoms with Crippen LogP contribution in [0.4, 0.5) is 0 Å². The van der Waals surface area contributed by atoms with Gasteiger partial charge in [-0.05, 0) is 62.9 Å². The number of carbonyl (C=O) groups is 1. The van der Waals surface area contributed by atoms with Crippen LogP contribution >= 0.6 is 0 Å². The predicted molar refractivity (Wildman–Crippen MR) is 69.3 cm³/mol. The highest BCUT2D eigenvalue weighted by Gasteiger charge is 2.35. The monoisotopic (exact) mass is 235 g/mol. The number of rotatable bonds is 4. The molecule has 3 N–H and O–H groups in total. The Morgan fingerprint density at radius 1 is 1.24 bits per heavy atom. The van der Waals surface area contributed by atoms with E-state index >= 15 is 0 Å². The first kappa shape index (κ1) is 13.7. The molecule has 1 aromatic rings. The molecule has 1 aromatic carbocycles. The van der Waals surface area contributed by atoms with Crippen molar-refractivity contribution in [3.8, 4) is 0 Å². The zero-order chi connectivity index (χ0) is 13.2. The quantitative estimate of drug-likeness (QED) is 0.841. The third-order valence-electron chi connectivity index (χ3n) is 3.55. The Kier molecular flexibility index (Phi) is 3.94. The molecule has 1 atom stereocenters. The van der Waals surface area contributed by atoms with Gasteiger partial charge in [0.1, 0.15) is 0 Å². The number of aryl methyl sites for hydroxylation is 3. The van der Waals surface area contributed by atoms with Crippen LogP contribution in [0.1, 0.15) is 35.6 Å². The van der Waals surface area contributed by atoms with Crippen molar-refractivity contribution < 1.29 is 9.90 Å². The summed E-state index contributed by atoms with van der Waals surface area (Å²) >= 11 is 0. The van der Waals surface area contributed by atoms with Gasteiger partial charge in [-0.2, -0.15) is 0 Å². The molecular formula is C14H21NO2. The Bertz CT molecular complexity index is 440. The van der Waals surface area contributed by atoms with E-state index in [1.54, 1.807) is 6.92 Å². The number of hydrogen-bond acceptors (Lipinski definition) is 2. The van der Waals surface area contributed by atoms with Crippen molar-refractivity contribution in [3.05, 3.63) is 34.4 Å². The smallest absolute Gasteiger partial charge is 0.313 e. The molecule has 0 aliphatic heterocycles. The molecule has 0 bridgehead atoms. The molecule has 0 amide bonds. The van der Waals surface area contributed by atoms with Gasteiger partial charge in [0.25, 0.3) is 0 Å². The minimum atomic E-state index is -0.892. The van der Waals surface area contributed by atoms with Crippen LogP contribution in [0.2, 0.25) is 0 Å². The fraction of sp³-hybridized carbons (Fsp3) is 0.500. The standard InChI is InChI=1S/C14H21NO2/c1-9-7-11(3)12(8-10(9)2)14(4,5-6-15)13(16)17/h7-8H,5-6,15H2,1-4H3,(H,16,17). The van der Waals surface area contributed by atoms with E-state index in [4.69, 9.17) is 5.73 Å². The molecule has 0 spiro atoms. The van der Waals surface area contributed by atoms with E-state index in [9.17, 15) is 9.90 Å². The summed E-state index contributed by atoms with van der Waals surface area (Å²) in [6, 6.07) is 4.02. The first-order valence-electron chi connectivity index (χ1n) is 5.84. The van der Waals surface area contributed by atoms with Crippen LogP contribution < -0.4 is 5.73 Å². The largest absolute Gasteiger partial charge is 0.481 e. The number of aliphatic carboxylic acids is 1. The molecule has 0 saturated heterocycles. The van der Waals surface area contributed by atoms with E-state index in [2.05, 4.69) is 0 Å². The summed E-state index contributed by atoms with van der Waals surface area (Å²) in [7, 11) is 0. The van der Waals surface area contributed by atoms with Crippen LogP contribution in [0.15, 0.2) is 12.1 Å². The fourth-order valence-electron chi connectivity index (χ4n) is 2.20. The maximum Gasteiger partial charge on any atom is 0.313 e. The molecule has 3 heteroatoms. The van der Waals surface area contributed by atoms with Crippen LogP contribution in [0.25, 0.3) is 0 Å². The Balaban J connectivity index is 3.38. The van der Waals surface area contributed by atoms with Gasteiger partial charge in [0.15, 0.2) is 0 Å². The normalized spacial score (nSPS) is 14.4. The third kappa shape index (κ3) is 2.50. The van der Waals surface area contributed by atoms with E-state index in [0.717, 1.165) is 16.7 Å². The maximum absolute atomic E-state index is 11.5. The summed E-state index contributed by atoms with van der Waals surface area (Å²) in [4.78, 5) is 11.5. The van der Waals surface area contributed by atoms with Crippen molar-refractivity contribution >= 4 is 5.97 Å². The minimum Gasteiger partial charge on any atom is -0.481 e. The molecule has 17 heavy (non-hydrogen) atoms. The van der Waals surface area contributed by atoms with E-state index in [-0.39, 0.29) is 0 Å². The van der Waals surface area contributed by atoms with Gasteiger partial charge >= 0.3 is 5.97 Å². The molecule has 0 aliphatic carbocycles. The van der Waals surface area contributed by atoms with Crippen LogP contribution in [0, 0.1) is 20.8 Å². The molecule has 0 radical (unpaired) electrons. The number of hydrogen-bond donors (Lipinski definition) is 2. The van der Waals surface area contributed by atoms with Gasteiger partial charge < -0.3 is 10.8 Å². The highest BCUT2D eigenvalue weighted by molar-refractivity contribution is 5.81. The first-order valence-corrected chi connectivity index (χ1v) is 5.84. The fourth-order valence-corrected chi connectivity index (χ4v) is 2.20. The molecule has 94 valence electrons. The van der Waals surface area contributed by atoms with E-state index in [0.29, 0.717) is 13.0 Å². The van der Waals surface area contributed by atoms with E-state index < -0.39 is 11.4 Å². The second kappa shape index (κ2) is 4.88. The summed E-state index contributed by atoms with van der Waals surface area (Å²) in [5, 5.41) is 9.45. The second-order valence-electron chi connectivity index (χ2n) is 4.93. The summed E-state index contributed by atoms with van der Waals surface area (Å²) in [5.74, 6) is -0.811. The summed E-state index contributed by atoms with van der Waals surface area (Å²) < 4.78 is 0. The van der Waals surface area contributed by atoms with E-state index in [1.165, 1.54) is 5.56 Å². The van der Waals surface area contributed by atoms with Crippen LogP contribution in [-0.4, -0.2) is 17.6 Å². The van der Waals surface area contributed by atoms with Gasteiger partial charge in [0.2, 0.25) is 0 Å². The SMILES string of the molecule is Cc1cc(C)c(C(C)(CCN)C(=O)O)cc1C. The number of nitrogens with two attached hydrogens (primary N) is 1. The van der Waals surface area contributed by atoms with Crippen molar-refractivity contribution in [1.29, 1.82) is 0 Å². The lowest BCUT2D eigenvalue weighted by molar-refractivity contribution is -0.143. The lowest BCUT2D eigenvalue weighted by atomic mass is 9.76. The van der Waals surface area contributed by atoms with Crippen LogP contribution in [-0.2, 0) is 10.2 Å². The topological polar surface area (TPSA) is 63.3 Å². The van der Waals surface area contributed by atoms with Crippen LogP contribution in [0.3, 0.4) is 0 Å². The maximum atomic E-state index is 11.5. The summed E-state index contributed by atoms with van der Waals surface area (Å²) in [6.07, 6.45) is 0.450. The predicted octanol–water partition coefficient (Wildman–Crippen LogP) is 2.30. The molecular weight excluding hydrogens is 214 g/mol. The first-order chi connectivity index (χ1) is 7.82. The van der Waals surface area contributed by atoms with Crippen LogP contribution in [0.5, 0.6) is 0 Å². The molecule has 0 fully saturated rings. The molecule has 1 unspecified atom stereocenters. The van der Waals surface area contributed by atoms with Gasteiger partial charge in [-0.15, -0.1) is 0 Å². The lowest BCUT2D eigenvalue weighted by Gasteiger charge is -2.27. The Morgan fingerprint density at radius 3 is 2.24 bits per heavy atom. The minimum absolute atomic E-state index is 0.370. The van der Waals surface area contributed by atoms with Crippen molar-refractivity contribution in [2.45, 2.75) is 39.5 Å². The average molecular weight is 235 g/mol. The second-order valence-corrected chi connectivity index (χ2v) is 4.93. The number of carboxylic acids is 1. The molecule has 0 heterocycles. The highest BCUT2D eigenvalue weighted by atomic mass is 16.4. The third-order valence-corrected chi connectivity index (χ3v) is 3.55. The van der Waals surface area contributed by atoms with E-state index in [1.807, 2.05) is 32.9 Å². The van der Waals surface area contributed by atoms with Gasteiger partial charge in [-0.25, -0.2) is 0 Å². The number of benzene rings is 1. The molecule has 0 saturated carbocycles. The molecule has 0 aromatic heterocycles. The molecule has 1 rings (SSSR count). The van der Waals surface area contributed by atoms with Gasteiger partial charge in [-0.3, -0.25) is 4.79 Å². The van der Waals surface area contributed by atoms with Crippen molar-refractivity contribution in [1.82, 2.24) is 0 Å². The van der Waals surface area contributed by atoms with Gasteiger partial charge in [-0.1, -0.05) is 12.1 Å². The summed E-state index contributed by atoms with van der Waals surface area (Å²) in [5.41, 5.74) is 8.85. The Labute approximate surface area is 103 Å². The zero-order valence-corrected chi connectivity index (χ0v) is 11.0. The van der Waals surface area contributed by atoms with Gasteiger partial charge in [0.05, 0.1) is 5.41 Å². The summed E-state index contributed by atoms with van der Waals surface area (Å²) in [6.45, 7) is 8.12. The van der Waals surface area contributed by atoms with Gasteiger partial charge in [0, 0.05) is 0 Å². The van der Waals surface area contributed by atoms with Crippen molar-refractivity contribution in [2.24, 2.45) is 5.73 Å². The zero-order valence-electron chi connectivity index (χ0n) is 11.0. The molecule has 3 nitrogen and oxygen atoms in total. The average Bonchev–Trinajstić information content (AvgIpc) is 2.23. The Hall–Kier alpha value is -1.35. The van der Waals surface area contributed by atoms with Crippen molar-refractivity contribution in [2.75, 3.05) is 6.54 Å². The Morgan fingerprint density at radius 2 is 1.76 bits per heavy atom. The molecule has 0 aliphatic rings. The van der Waals surface area contributed by atoms with Crippen molar-refractivity contribution in [3.63, 3.8) is 0 Å².